The van der Waals surface area contributed by atoms with Crippen molar-refractivity contribution in [1.82, 2.24) is 4.90 Å². The third-order valence-corrected chi connectivity index (χ3v) is 4.40. The predicted octanol–water partition coefficient (Wildman–Crippen LogP) is 1.95. The normalized spacial score (nSPS) is 19.5. The number of hydrogen-bond acceptors (Lipinski definition) is 4. The fourth-order valence-electron chi connectivity index (χ4n) is 3.16. The van der Waals surface area contributed by atoms with Crippen LogP contribution in [0.4, 0.5) is 0 Å². The fraction of sp³-hybridized carbons (Fsp3) is 0.647. The summed E-state index contributed by atoms with van der Waals surface area (Å²) in [6, 6.07) is 6.64. The Bertz CT molecular complexity index is 456. The molecule has 2 aliphatic heterocycles. The molecule has 1 aromatic carbocycles. The van der Waals surface area contributed by atoms with E-state index in [2.05, 4.69) is 23.1 Å². The summed E-state index contributed by atoms with van der Waals surface area (Å²) in [7, 11) is 0. The first-order valence-electron chi connectivity index (χ1n) is 8.14. The summed E-state index contributed by atoms with van der Waals surface area (Å²) in [6.45, 7) is 5.67. The zero-order chi connectivity index (χ0) is 14.5. The maximum Gasteiger partial charge on any atom is 0.122 e. The Morgan fingerprint density at radius 3 is 2.95 bits per heavy atom. The van der Waals surface area contributed by atoms with Crippen molar-refractivity contribution in [2.45, 2.75) is 38.3 Å². The van der Waals surface area contributed by atoms with Gasteiger partial charge in [-0.1, -0.05) is 12.1 Å². The van der Waals surface area contributed by atoms with Crippen LogP contribution in [0.25, 0.3) is 0 Å². The van der Waals surface area contributed by atoms with Crippen molar-refractivity contribution in [1.29, 1.82) is 0 Å². The van der Waals surface area contributed by atoms with Crippen molar-refractivity contribution in [2.75, 3.05) is 32.8 Å². The highest BCUT2D eigenvalue weighted by Gasteiger charge is 2.20. The minimum atomic E-state index is 0.432. The Morgan fingerprint density at radius 2 is 2.14 bits per heavy atom. The SMILES string of the molecule is NCCCOC1CCN(Cc2ccc3c(c2)CCO3)CC1. The van der Waals surface area contributed by atoms with Crippen LogP contribution in [-0.2, 0) is 17.7 Å². The molecule has 0 bridgehead atoms. The molecule has 0 aliphatic carbocycles. The van der Waals surface area contributed by atoms with E-state index in [-0.39, 0.29) is 0 Å². The summed E-state index contributed by atoms with van der Waals surface area (Å²) >= 11 is 0. The van der Waals surface area contributed by atoms with Gasteiger partial charge in [0.05, 0.1) is 12.7 Å². The average Bonchev–Trinajstić information content (AvgIpc) is 2.97. The summed E-state index contributed by atoms with van der Waals surface area (Å²) in [4.78, 5) is 2.53. The lowest BCUT2D eigenvalue weighted by atomic mass is 10.0. The molecule has 2 heterocycles. The lowest BCUT2D eigenvalue weighted by molar-refractivity contribution is 0.00563. The number of nitrogens with zero attached hydrogens (tertiary/aromatic N) is 1. The van der Waals surface area contributed by atoms with Crippen molar-refractivity contribution in [2.24, 2.45) is 5.73 Å². The van der Waals surface area contributed by atoms with E-state index >= 15 is 0 Å². The summed E-state index contributed by atoms with van der Waals surface area (Å²) in [5, 5.41) is 0. The molecule has 3 rings (SSSR count). The van der Waals surface area contributed by atoms with Crippen molar-refractivity contribution >= 4 is 0 Å². The Labute approximate surface area is 127 Å². The quantitative estimate of drug-likeness (QED) is 0.814. The van der Waals surface area contributed by atoms with Gasteiger partial charge in [0.15, 0.2) is 0 Å². The van der Waals surface area contributed by atoms with Gasteiger partial charge in [0.2, 0.25) is 0 Å². The molecule has 1 aromatic rings. The summed E-state index contributed by atoms with van der Waals surface area (Å²) in [5.74, 6) is 1.07. The summed E-state index contributed by atoms with van der Waals surface area (Å²) < 4.78 is 11.4. The molecule has 116 valence electrons. The molecule has 0 amide bonds. The van der Waals surface area contributed by atoms with E-state index in [4.69, 9.17) is 15.2 Å². The number of fused-ring (bicyclic) bond motifs is 1. The van der Waals surface area contributed by atoms with Gasteiger partial charge in [0.25, 0.3) is 0 Å². The van der Waals surface area contributed by atoms with Gasteiger partial charge in [0.1, 0.15) is 5.75 Å². The fourth-order valence-corrected chi connectivity index (χ4v) is 3.16. The van der Waals surface area contributed by atoms with Crippen LogP contribution < -0.4 is 10.5 Å². The molecule has 0 saturated carbocycles. The van der Waals surface area contributed by atoms with Crippen LogP contribution in [-0.4, -0.2) is 43.9 Å². The second-order valence-electron chi connectivity index (χ2n) is 6.03. The third-order valence-electron chi connectivity index (χ3n) is 4.40. The Balaban J connectivity index is 1.45. The summed E-state index contributed by atoms with van der Waals surface area (Å²) in [5.41, 5.74) is 8.27. The number of ether oxygens (including phenoxy) is 2. The van der Waals surface area contributed by atoms with Gasteiger partial charge in [-0.05, 0) is 43.0 Å². The molecule has 2 aliphatic rings. The first kappa shape index (κ1) is 14.8. The molecule has 4 nitrogen and oxygen atoms in total. The van der Waals surface area contributed by atoms with Gasteiger partial charge >= 0.3 is 0 Å². The molecule has 0 radical (unpaired) electrons. The Kier molecular flexibility index (Phi) is 5.12. The lowest BCUT2D eigenvalue weighted by Gasteiger charge is -2.32. The van der Waals surface area contributed by atoms with Gasteiger partial charge < -0.3 is 15.2 Å². The van der Waals surface area contributed by atoms with E-state index in [9.17, 15) is 0 Å². The summed E-state index contributed by atoms with van der Waals surface area (Å²) in [6.07, 6.45) is 4.73. The van der Waals surface area contributed by atoms with Crippen LogP contribution in [0.1, 0.15) is 30.4 Å². The zero-order valence-electron chi connectivity index (χ0n) is 12.7. The van der Waals surface area contributed by atoms with Gasteiger partial charge in [-0.3, -0.25) is 4.90 Å². The Morgan fingerprint density at radius 1 is 1.29 bits per heavy atom. The van der Waals surface area contributed by atoms with Crippen molar-refractivity contribution in [3.63, 3.8) is 0 Å². The minimum absolute atomic E-state index is 0.432. The first-order chi connectivity index (χ1) is 10.3. The maximum absolute atomic E-state index is 5.86. The minimum Gasteiger partial charge on any atom is -0.493 e. The molecular formula is C17H26N2O2. The van der Waals surface area contributed by atoms with Gasteiger partial charge in [0, 0.05) is 32.7 Å². The van der Waals surface area contributed by atoms with Crippen molar-refractivity contribution < 1.29 is 9.47 Å². The molecule has 2 N–H and O–H groups in total. The molecule has 0 unspecified atom stereocenters. The maximum atomic E-state index is 5.86. The molecule has 21 heavy (non-hydrogen) atoms. The number of hydrogen-bond donors (Lipinski definition) is 1. The average molecular weight is 290 g/mol. The van der Waals surface area contributed by atoms with E-state index in [1.165, 1.54) is 11.1 Å². The largest absolute Gasteiger partial charge is 0.493 e. The molecule has 0 aromatic heterocycles. The van der Waals surface area contributed by atoms with Crippen LogP contribution in [0.5, 0.6) is 5.75 Å². The monoisotopic (exact) mass is 290 g/mol. The molecule has 1 fully saturated rings. The van der Waals surface area contributed by atoms with Crippen LogP contribution in [0.2, 0.25) is 0 Å². The highest BCUT2D eigenvalue weighted by molar-refractivity contribution is 5.39. The third kappa shape index (κ3) is 3.96. The molecular weight excluding hydrogens is 264 g/mol. The molecule has 0 spiro atoms. The van der Waals surface area contributed by atoms with Crippen LogP contribution in [0, 0.1) is 0 Å². The van der Waals surface area contributed by atoms with Crippen LogP contribution in [0.3, 0.4) is 0 Å². The number of rotatable bonds is 6. The predicted molar refractivity (Wildman–Crippen MR) is 83.6 cm³/mol. The number of piperidine rings is 1. The van der Waals surface area contributed by atoms with E-state index in [1.807, 2.05) is 0 Å². The highest BCUT2D eigenvalue weighted by Crippen LogP contribution is 2.26. The van der Waals surface area contributed by atoms with E-state index in [0.29, 0.717) is 6.10 Å². The highest BCUT2D eigenvalue weighted by atomic mass is 16.5. The molecule has 1 saturated heterocycles. The zero-order valence-corrected chi connectivity index (χ0v) is 12.7. The van der Waals surface area contributed by atoms with E-state index in [0.717, 1.165) is 70.8 Å². The first-order valence-corrected chi connectivity index (χ1v) is 8.14. The molecule has 0 atom stereocenters. The number of nitrogens with two attached hydrogens (primary N) is 1. The van der Waals surface area contributed by atoms with Crippen LogP contribution in [0.15, 0.2) is 18.2 Å². The smallest absolute Gasteiger partial charge is 0.122 e. The number of likely N-dealkylation sites (tertiary alicyclic amines) is 1. The molecule has 4 heteroatoms. The number of benzene rings is 1. The van der Waals surface area contributed by atoms with Crippen molar-refractivity contribution in [3.8, 4) is 5.75 Å². The lowest BCUT2D eigenvalue weighted by Crippen LogP contribution is -2.36. The standard InChI is InChI=1S/C17H26N2O2/c18-7-1-10-20-16-4-8-19(9-5-16)13-14-2-3-17-15(12-14)6-11-21-17/h2-3,12,16H,1,4-11,13,18H2. The van der Waals surface area contributed by atoms with Gasteiger partial charge in [-0.25, -0.2) is 0 Å². The van der Waals surface area contributed by atoms with Gasteiger partial charge in [-0.2, -0.15) is 0 Å². The van der Waals surface area contributed by atoms with Crippen LogP contribution >= 0.6 is 0 Å². The Hall–Kier alpha value is -1.10. The van der Waals surface area contributed by atoms with E-state index in [1.54, 1.807) is 0 Å². The second kappa shape index (κ2) is 7.25. The topological polar surface area (TPSA) is 47.7 Å². The van der Waals surface area contributed by atoms with Gasteiger partial charge in [-0.15, -0.1) is 0 Å². The second-order valence-corrected chi connectivity index (χ2v) is 6.03. The van der Waals surface area contributed by atoms with E-state index < -0.39 is 0 Å². The van der Waals surface area contributed by atoms with Crippen molar-refractivity contribution in [3.05, 3.63) is 29.3 Å².